The summed E-state index contributed by atoms with van der Waals surface area (Å²) in [6.45, 7) is 3.50. The number of nitrogens with zero attached hydrogens (tertiary/aromatic N) is 1. The van der Waals surface area contributed by atoms with Crippen LogP contribution in [0.15, 0.2) is 77.7 Å². The van der Waals surface area contributed by atoms with Crippen molar-refractivity contribution >= 4 is 33.3 Å². The minimum absolute atomic E-state index is 0.0104. The first-order chi connectivity index (χ1) is 16.7. The highest BCUT2D eigenvalue weighted by atomic mass is 32.2. The molecule has 1 N–H and O–H groups in total. The van der Waals surface area contributed by atoms with Gasteiger partial charge in [-0.05, 0) is 67.4 Å². The number of para-hydroxylation sites is 2. The first-order valence-corrected chi connectivity index (χ1v) is 12.4. The van der Waals surface area contributed by atoms with Gasteiger partial charge in [0.25, 0.3) is 15.9 Å². The maximum atomic E-state index is 13.1. The fourth-order valence-electron chi connectivity index (χ4n) is 3.29. The maximum absolute atomic E-state index is 13.1. The van der Waals surface area contributed by atoms with Crippen LogP contribution in [-0.2, 0) is 26.0 Å². The lowest BCUT2D eigenvalue weighted by Gasteiger charge is -2.21. The van der Waals surface area contributed by atoms with E-state index in [9.17, 15) is 18.0 Å². The fraction of sp³-hybridized carbons (Fsp3) is 0.231. The number of anilines is 2. The van der Waals surface area contributed by atoms with E-state index in [2.05, 4.69) is 5.32 Å². The number of hydrogen-bond acceptors (Lipinski definition) is 6. The number of rotatable bonds is 9. The van der Waals surface area contributed by atoms with Gasteiger partial charge in [0.1, 0.15) is 5.75 Å². The summed E-state index contributed by atoms with van der Waals surface area (Å²) >= 11 is 0. The van der Waals surface area contributed by atoms with Crippen LogP contribution in [-0.4, -0.2) is 40.6 Å². The molecule has 0 aromatic heterocycles. The number of carbonyl (C=O) groups excluding carboxylic acids is 2. The smallest absolute Gasteiger partial charge is 0.338 e. The van der Waals surface area contributed by atoms with E-state index in [4.69, 9.17) is 9.47 Å². The molecule has 1 unspecified atom stereocenters. The Morgan fingerprint density at radius 1 is 0.971 bits per heavy atom. The molecule has 35 heavy (non-hydrogen) atoms. The maximum Gasteiger partial charge on any atom is 0.338 e. The van der Waals surface area contributed by atoms with Crippen molar-refractivity contribution in [2.24, 2.45) is 0 Å². The molecule has 3 aromatic rings. The number of amides is 1. The lowest BCUT2D eigenvalue weighted by molar-refractivity contribution is -0.123. The van der Waals surface area contributed by atoms with Crippen LogP contribution < -0.4 is 14.4 Å². The Morgan fingerprint density at radius 3 is 2.20 bits per heavy atom. The van der Waals surface area contributed by atoms with Crippen LogP contribution in [0.2, 0.25) is 0 Å². The quantitative estimate of drug-likeness (QED) is 0.444. The van der Waals surface area contributed by atoms with Gasteiger partial charge in [-0.3, -0.25) is 9.10 Å². The van der Waals surface area contributed by atoms with Gasteiger partial charge >= 0.3 is 5.97 Å². The highest BCUT2D eigenvalue weighted by Crippen LogP contribution is 2.30. The summed E-state index contributed by atoms with van der Waals surface area (Å²) < 4.78 is 37.8. The highest BCUT2D eigenvalue weighted by molar-refractivity contribution is 7.92. The van der Waals surface area contributed by atoms with Crippen molar-refractivity contribution in [1.29, 1.82) is 0 Å². The van der Waals surface area contributed by atoms with Crippen LogP contribution in [0.4, 0.5) is 11.4 Å². The van der Waals surface area contributed by atoms with Gasteiger partial charge in [0.2, 0.25) is 0 Å². The normalized spacial score (nSPS) is 11.9. The number of sulfonamides is 1. The van der Waals surface area contributed by atoms with Crippen LogP contribution in [0.25, 0.3) is 0 Å². The summed E-state index contributed by atoms with van der Waals surface area (Å²) in [5.41, 5.74) is 2.24. The van der Waals surface area contributed by atoms with Crippen molar-refractivity contribution in [3.05, 3.63) is 83.9 Å². The number of ether oxygens (including phenoxy) is 2. The van der Waals surface area contributed by atoms with Crippen LogP contribution in [0.1, 0.15) is 29.8 Å². The Kier molecular flexibility index (Phi) is 8.14. The van der Waals surface area contributed by atoms with Crippen molar-refractivity contribution in [2.75, 3.05) is 23.8 Å². The van der Waals surface area contributed by atoms with Crippen molar-refractivity contribution in [3.63, 3.8) is 0 Å². The van der Waals surface area contributed by atoms with Gasteiger partial charge in [0, 0.05) is 12.7 Å². The van der Waals surface area contributed by atoms with E-state index >= 15 is 0 Å². The molecule has 1 atom stereocenters. The molecule has 0 aliphatic rings. The molecule has 0 fully saturated rings. The predicted octanol–water partition coefficient (Wildman–Crippen LogP) is 4.27. The number of nitrogens with one attached hydrogen (secondary N) is 1. The van der Waals surface area contributed by atoms with Crippen molar-refractivity contribution in [2.45, 2.75) is 31.3 Å². The zero-order valence-electron chi connectivity index (χ0n) is 20.0. The second-order valence-electron chi connectivity index (χ2n) is 7.76. The molecular weight excluding hydrogens is 468 g/mol. The van der Waals surface area contributed by atoms with Crippen LogP contribution in [0.3, 0.4) is 0 Å². The molecule has 0 saturated carbocycles. The lowest BCUT2D eigenvalue weighted by Crippen LogP contribution is -2.30. The minimum Gasteiger partial charge on any atom is -0.495 e. The van der Waals surface area contributed by atoms with E-state index in [0.29, 0.717) is 17.1 Å². The molecule has 8 nitrogen and oxygen atoms in total. The van der Waals surface area contributed by atoms with E-state index in [1.54, 1.807) is 36.4 Å². The molecule has 0 saturated heterocycles. The lowest BCUT2D eigenvalue weighted by atomic mass is 10.1. The SMILES string of the molecule is CCc1ccc(NC(=O)C(C)OC(=O)c2ccc(S(=O)(=O)N(C)c3ccccc3OC)cc2)cc1. The highest BCUT2D eigenvalue weighted by Gasteiger charge is 2.25. The van der Waals surface area contributed by atoms with Crippen molar-refractivity contribution in [1.82, 2.24) is 0 Å². The average Bonchev–Trinajstić information content (AvgIpc) is 2.88. The monoisotopic (exact) mass is 496 g/mol. The van der Waals surface area contributed by atoms with E-state index < -0.39 is 28.0 Å². The number of hydrogen-bond donors (Lipinski definition) is 1. The Hall–Kier alpha value is -3.85. The molecule has 1 amide bonds. The largest absolute Gasteiger partial charge is 0.495 e. The van der Waals surface area contributed by atoms with Crippen molar-refractivity contribution in [3.8, 4) is 5.75 Å². The molecule has 0 aliphatic heterocycles. The number of methoxy groups -OCH3 is 1. The molecule has 0 spiro atoms. The Labute approximate surface area is 205 Å². The van der Waals surface area contributed by atoms with E-state index in [-0.39, 0.29) is 10.5 Å². The molecule has 3 rings (SSSR count). The number of carbonyl (C=O) groups is 2. The predicted molar refractivity (Wildman–Crippen MR) is 134 cm³/mol. The van der Waals surface area contributed by atoms with Gasteiger partial charge in [-0.25, -0.2) is 13.2 Å². The third-order valence-corrected chi connectivity index (χ3v) is 7.24. The Bertz CT molecular complexity index is 1290. The molecule has 9 heteroatoms. The van der Waals surface area contributed by atoms with E-state index in [0.717, 1.165) is 16.3 Å². The minimum atomic E-state index is -3.91. The molecule has 3 aromatic carbocycles. The van der Waals surface area contributed by atoms with Gasteiger partial charge in [-0.2, -0.15) is 0 Å². The fourth-order valence-corrected chi connectivity index (χ4v) is 4.50. The average molecular weight is 497 g/mol. The first-order valence-electron chi connectivity index (χ1n) is 11.0. The Morgan fingerprint density at radius 2 is 1.60 bits per heavy atom. The third-order valence-electron chi connectivity index (χ3n) is 5.46. The van der Waals surface area contributed by atoms with Gasteiger partial charge < -0.3 is 14.8 Å². The van der Waals surface area contributed by atoms with Crippen molar-refractivity contribution < 1.29 is 27.5 Å². The van der Waals surface area contributed by atoms with Crippen LogP contribution in [0, 0.1) is 0 Å². The van der Waals surface area contributed by atoms with Gasteiger partial charge in [-0.15, -0.1) is 0 Å². The molecule has 184 valence electrons. The summed E-state index contributed by atoms with van der Waals surface area (Å²) in [7, 11) is -1.02. The van der Waals surface area contributed by atoms with Gasteiger partial charge in [0.05, 0.1) is 23.3 Å². The van der Waals surface area contributed by atoms with E-state index in [1.807, 2.05) is 19.1 Å². The zero-order chi connectivity index (χ0) is 25.6. The van der Waals surface area contributed by atoms with Gasteiger partial charge in [0.15, 0.2) is 6.10 Å². The first kappa shape index (κ1) is 25.8. The molecule has 0 radical (unpaired) electrons. The van der Waals surface area contributed by atoms with Crippen LogP contribution in [0.5, 0.6) is 5.75 Å². The number of aryl methyl sites for hydroxylation is 1. The molecule has 0 aliphatic carbocycles. The Balaban J connectivity index is 1.67. The molecule has 0 bridgehead atoms. The summed E-state index contributed by atoms with van der Waals surface area (Å²) in [6, 6.07) is 19.5. The second kappa shape index (κ2) is 11.1. The number of esters is 1. The topological polar surface area (TPSA) is 102 Å². The second-order valence-corrected chi connectivity index (χ2v) is 9.73. The zero-order valence-corrected chi connectivity index (χ0v) is 20.8. The van der Waals surface area contributed by atoms with Gasteiger partial charge in [-0.1, -0.05) is 31.2 Å². The van der Waals surface area contributed by atoms with E-state index in [1.165, 1.54) is 45.3 Å². The molecular formula is C26H28N2O6S. The number of benzene rings is 3. The summed E-state index contributed by atoms with van der Waals surface area (Å²) in [5, 5.41) is 2.70. The standard InChI is InChI=1S/C26H28N2O6S/c1-5-19-10-14-21(15-11-19)27-25(29)18(2)34-26(30)20-12-16-22(17-13-20)35(31,32)28(3)23-8-6-7-9-24(23)33-4/h6-18H,5H2,1-4H3,(H,27,29). The summed E-state index contributed by atoms with van der Waals surface area (Å²) in [5.74, 6) is -0.802. The third kappa shape index (κ3) is 5.99. The summed E-state index contributed by atoms with van der Waals surface area (Å²) in [6.07, 6.45) is -0.160. The van der Waals surface area contributed by atoms with Crippen LogP contribution >= 0.6 is 0 Å². The summed E-state index contributed by atoms with van der Waals surface area (Å²) in [4.78, 5) is 24.9. The molecule has 0 heterocycles.